The lowest BCUT2D eigenvalue weighted by molar-refractivity contribution is -0.0443. The molecule has 0 aliphatic carbocycles. The molecule has 1 aliphatic heterocycles. The highest BCUT2D eigenvalue weighted by molar-refractivity contribution is 5.22. The summed E-state index contributed by atoms with van der Waals surface area (Å²) in [7, 11) is 0. The summed E-state index contributed by atoms with van der Waals surface area (Å²) in [6.07, 6.45) is 5.09. The first-order valence-corrected chi connectivity index (χ1v) is 5.57. The van der Waals surface area contributed by atoms with Crippen LogP contribution in [-0.2, 0) is 9.47 Å². The van der Waals surface area contributed by atoms with Crippen molar-refractivity contribution in [3.8, 4) is 5.88 Å². The topological polar surface area (TPSA) is 66.6 Å². The Morgan fingerprint density at radius 3 is 3.00 bits per heavy atom. The van der Waals surface area contributed by atoms with Gasteiger partial charge in [0.1, 0.15) is 6.61 Å². The van der Waals surface area contributed by atoms with E-state index in [-0.39, 0.29) is 6.29 Å². The third-order valence-electron chi connectivity index (χ3n) is 2.28. The van der Waals surface area contributed by atoms with Gasteiger partial charge >= 0.3 is 0 Å². The highest BCUT2D eigenvalue weighted by Gasteiger charge is 2.18. The minimum absolute atomic E-state index is 0.292. The fourth-order valence-electron chi connectivity index (χ4n) is 1.50. The maximum absolute atomic E-state index is 5.44. The monoisotopic (exact) mass is 236 g/mol. The first kappa shape index (κ1) is 12.0. The van der Waals surface area contributed by atoms with Crippen LogP contribution in [0.1, 0.15) is 11.9 Å². The summed E-state index contributed by atoms with van der Waals surface area (Å²) in [5.41, 5.74) is 6.25. The van der Waals surface area contributed by atoms with Crippen molar-refractivity contribution in [3.63, 3.8) is 0 Å². The molecule has 0 bridgehead atoms. The number of pyridine rings is 1. The molecular formula is C12H16N2O3. The molecule has 17 heavy (non-hydrogen) atoms. The summed E-state index contributed by atoms with van der Waals surface area (Å²) in [6, 6.07) is 3.69. The van der Waals surface area contributed by atoms with Gasteiger partial charge in [-0.1, -0.05) is 12.2 Å². The number of hydrogen-bond acceptors (Lipinski definition) is 5. The molecule has 0 atom stereocenters. The van der Waals surface area contributed by atoms with Gasteiger partial charge in [-0.2, -0.15) is 0 Å². The van der Waals surface area contributed by atoms with Gasteiger partial charge in [-0.3, -0.25) is 0 Å². The van der Waals surface area contributed by atoms with E-state index in [1.54, 1.807) is 6.20 Å². The second-order valence-corrected chi connectivity index (χ2v) is 3.52. The number of nitrogens with zero attached hydrogens (tertiary/aromatic N) is 1. The summed E-state index contributed by atoms with van der Waals surface area (Å²) in [4.78, 5) is 4.11. The first-order valence-electron chi connectivity index (χ1n) is 5.57. The second kappa shape index (κ2) is 6.34. The van der Waals surface area contributed by atoms with Crippen LogP contribution in [0.25, 0.3) is 0 Å². The summed E-state index contributed by atoms with van der Waals surface area (Å²) in [5.74, 6) is 0.559. The van der Waals surface area contributed by atoms with E-state index in [1.165, 1.54) is 0 Å². The Hall–Kier alpha value is -1.43. The van der Waals surface area contributed by atoms with Gasteiger partial charge in [0.2, 0.25) is 5.88 Å². The summed E-state index contributed by atoms with van der Waals surface area (Å²) < 4.78 is 16.2. The predicted octanol–water partition coefficient (Wildman–Crippen LogP) is 1.02. The standard InChI is InChI=1S/C12H16N2O3/c13-4-1-2-6-15-11-9-10(3-5-14-11)12-16-7-8-17-12/h1-3,5,9,12H,4,6-8,13H2. The third kappa shape index (κ3) is 3.52. The maximum atomic E-state index is 5.44. The van der Waals surface area contributed by atoms with Crippen molar-refractivity contribution in [1.29, 1.82) is 0 Å². The molecule has 5 nitrogen and oxygen atoms in total. The van der Waals surface area contributed by atoms with E-state index in [9.17, 15) is 0 Å². The Bertz CT molecular complexity index is 376. The smallest absolute Gasteiger partial charge is 0.213 e. The summed E-state index contributed by atoms with van der Waals surface area (Å²) in [5, 5.41) is 0. The molecule has 2 heterocycles. The SMILES string of the molecule is NCC=CCOc1cc(C2OCCO2)ccn1. The van der Waals surface area contributed by atoms with Crippen LogP contribution in [0.5, 0.6) is 5.88 Å². The van der Waals surface area contributed by atoms with E-state index in [4.69, 9.17) is 19.9 Å². The van der Waals surface area contributed by atoms with Gasteiger partial charge in [0.15, 0.2) is 6.29 Å². The molecule has 5 heteroatoms. The zero-order valence-corrected chi connectivity index (χ0v) is 9.54. The predicted molar refractivity (Wildman–Crippen MR) is 62.6 cm³/mol. The third-order valence-corrected chi connectivity index (χ3v) is 2.28. The fraction of sp³-hybridized carbons (Fsp3) is 0.417. The van der Waals surface area contributed by atoms with Crippen molar-refractivity contribution >= 4 is 0 Å². The van der Waals surface area contributed by atoms with Crippen molar-refractivity contribution in [2.24, 2.45) is 5.73 Å². The molecule has 92 valence electrons. The molecule has 1 aromatic rings. The van der Waals surface area contributed by atoms with Gasteiger partial charge in [0, 0.05) is 24.4 Å². The minimum Gasteiger partial charge on any atom is -0.473 e. The van der Waals surface area contributed by atoms with E-state index in [1.807, 2.05) is 24.3 Å². The van der Waals surface area contributed by atoms with Crippen LogP contribution in [0.4, 0.5) is 0 Å². The largest absolute Gasteiger partial charge is 0.473 e. The van der Waals surface area contributed by atoms with Gasteiger partial charge in [0.05, 0.1) is 13.2 Å². The van der Waals surface area contributed by atoms with Crippen LogP contribution in [0.15, 0.2) is 30.5 Å². The minimum atomic E-state index is -0.292. The average molecular weight is 236 g/mol. The molecule has 0 radical (unpaired) electrons. The molecule has 1 fully saturated rings. The Morgan fingerprint density at radius 2 is 2.24 bits per heavy atom. The number of aromatic nitrogens is 1. The normalized spacial score (nSPS) is 16.8. The quantitative estimate of drug-likeness (QED) is 0.773. The van der Waals surface area contributed by atoms with Crippen LogP contribution in [0.3, 0.4) is 0 Å². The molecule has 0 amide bonds. The molecule has 1 saturated heterocycles. The van der Waals surface area contributed by atoms with Gasteiger partial charge < -0.3 is 19.9 Å². The average Bonchev–Trinajstić information content (AvgIpc) is 2.89. The van der Waals surface area contributed by atoms with Crippen molar-refractivity contribution in [2.75, 3.05) is 26.4 Å². The molecule has 0 unspecified atom stereocenters. The van der Waals surface area contributed by atoms with Crippen molar-refractivity contribution in [2.45, 2.75) is 6.29 Å². The molecule has 2 N–H and O–H groups in total. The molecular weight excluding hydrogens is 220 g/mol. The van der Waals surface area contributed by atoms with Gasteiger partial charge in [-0.15, -0.1) is 0 Å². The van der Waals surface area contributed by atoms with Crippen LogP contribution < -0.4 is 10.5 Å². The van der Waals surface area contributed by atoms with Crippen molar-refractivity contribution < 1.29 is 14.2 Å². The zero-order valence-electron chi connectivity index (χ0n) is 9.54. The molecule has 2 rings (SSSR count). The lowest BCUT2D eigenvalue weighted by atomic mass is 10.2. The first-order chi connectivity index (χ1) is 8.40. The number of ether oxygens (including phenoxy) is 3. The Labute approximate surface area is 100 Å². The second-order valence-electron chi connectivity index (χ2n) is 3.52. The van der Waals surface area contributed by atoms with Crippen molar-refractivity contribution in [3.05, 3.63) is 36.0 Å². The van der Waals surface area contributed by atoms with Gasteiger partial charge in [-0.05, 0) is 6.07 Å². The Morgan fingerprint density at radius 1 is 1.41 bits per heavy atom. The molecule has 1 aliphatic rings. The van der Waals surface area contributed by atoms with E-state index in [0.717, 1.165) is 5.56 Å². The van der Waals surface area contributed by atoms with E-state index >= 15 is 0 Å². The van der Waals surface area contributed by atoms with Crippen LogP contribution in [0.2, 0.25) is 0 Å². The molecule has 0 aromatic carbocycles. The summed E-state index contributed by atoms with van der Waals surface area (Å²) >= 11 is 0. The lowest BCUT2D eigenvalue weighted by Crippen LogP contribution is -2.02. The summed E-state index contributed by atoms with van der Waals surface area (Å²) in [6.45, 7) is 2.23. The fourth-order valence-corrected chi connectivity index (χ4v) is 1.50. The Balaban J connectivity index is 1.93. The van der Waals surface area contributed by atoms with E-state index in [2.05, 4.69) is 4.98 Å². The highest BCUT2D eigenvalue weighted by Crippen LogP contribution is 2.24. The van der Waals surface area contributed by atoms with Crippen LogP contribution >= 0.6 is 0 Å². The molecule has 0 spiro atoms. The van der Waals surface area contributed by atoms with Crippen LogP contribution in [0, 0.1) is 0 Å². The number of rotatable bonds is 5. The van der Waals surface area contributed by atoms with E-state index < -0.39 is 0 Å². The molecule has 0 saturated carbocycles. The lowest BCUT2D eigenvalue weighted by Gasteiger charge is -2.10. The number of nitrogens with two attached hydrogens (primary N) is 1. The molecule has 1 aromatic heterocycles. The highest BCUT2D eigenvalue weighted by atomic mass is 16.7. The maximum Gasteiger partial charge on any atom is 0.213 e. The van der Waals surface area contributed by atoms with Crippen LogP contribution in [-0.4, -0.2) is 31.3 Å². The number of hydrogen-bond donors (Lipinski definition) is 1. The Kier molecular flexibility index (Phi) is 4.49. The zero-order chi connectivity index (χ0) is 11.9. The van der Waals surface area contributed by atoms with Gasteiger partial charge in [-0.25, -0.2) is 4.98 Å². The van der Waals surface area contributed by atoms with E-state index in [0.29, 0.717) is 32.2 Å². The van der Waals surface area contributed by atoms with Gasteiger partial charge in [0.25, 0.3) is 0 Å². The van der Waals surface area contributed by atoms with Crippen molar-refractivity contribution in [1.82, 2.24) is 4.98 Å².